The standard InChI is InChI=1S/C19H13ClF4N4O6/c1-27-14(19(22,23)24)5-15(29)28(18(27)31)11-4-12(9(20)3-10(11)21)34-13-6-25-8-26-17(13)33-7-16(30)32-2/h3-6,8H,7H2,1-2H3. The van der Waals surface area contributed by atoms with Gasteiger partial charge >= 0.3 is 17.8 Å². The van der Waals surface area contributed by atoms with Gasteiger partial charge in [-0.1, -0.05) is 11.6 Å². The van der Waals surface area contributed by atoms with Crippen LogP contribution in [0.4, 0.5) is 17.6 Å². The third-order valence-electron chi connectivity index (χ3n) is 4.27. The largest absolute Gasteiger partial charge is 0.466 e. The van der Waals surface area contributed by atoms with Crippen LogP contribution in [0.3, 0.4) is 0 Å². The molecule has 0 aliphatic carbocycles. The Balaban J connectivity index is 2.08. The lowest BCUT2D eigenvalue weighted by molar-refractivity contribution is -0.144. The van der Waals surface area contributed by atoms with E-state index in [1.165, 1.54) is 0 Å². The second kappa shape index (κ2) is 9.51. The van der Waals surface area contributed by atoms with Gasteiger partial charge in [-0.05, 0) is 6.07 Å². The first-order valence-corrected chi connectivity index (χ1v) is 9.39. The van der Waals surface area contributed by atoms with Crippen molar-refractivity contribution in [1.29, 1.82) is 0 Å². The van der Waals surface area contributed by atoms with Crippen LogP contribution in [-0.2, 0) is 22.8 Å². The summed E-state index contributed by atoms with van der Waals surface area (Å²) in [7, 11) is 1.91. The average Bonchev–Trinajstić information content (AvgIpc) is 2.77. The first-order chi connectivity index (χ1) is 15.9. The van der Waals surface area contributed by atoms with Crippen LogP contribution in [0.25, 0.3) is 5.69 Å². The molecule has 0 fully saturated rings. The van der Waals surface area contributed by atoms with E-state index in [1.807, 2.05) is 0 Å². The van der Waals surface area contributed by atoms with E-state index in [0.29, 0.717) is 6.07 Å². The van der Waals surface area contributed by atoms with Crippen molar-refractivity contribution in [2.45, 2.75) is 6.18 Å². The smallest absolute Gasteiger partial charge is 0.431 e. The second-order valence-electron chi connectivity index (χ2n) is 6.44. The molecule has 0 bridgehead atoms. The van der Waals surface area contributed by atoms with E-state index in [4.69, 9.17) is 21.1 Å². The number of ether oxygens (including phenoxy) is 3. The van der Waals surface area contributed by atoms with E-state index in [0.717, 1.165) is 32.7 Å². The Morgan fingerprint density at radius 3 is 2.53 bits per heavy atom. The fourth-order valence-corrected chi connectivity index (χ4v) is 2.86. The molecule has 10 nitrogen and oxygen atoms in total. The molecule has 0 unspecified atom stereocenters. The topological polar surface area (TPSA) is 115 Å². The van der Waals surface area contributed by atoms with E-state index in [2.05, 4.69) is 14.7 Å². The monoisotopic (exact) mass is 504 g/mol. The van der Waals surface area contributed by atoms with Crippen molar-refractivity contribution in [2.75, 3.05) is 13.7 Å². The fourth-order valence-electron chi connectivity index (χ4n) is 2.68. The van der Waals surface area contributed by atoms with Crippen LogP contribution in [0.1, 0.15) is 5.69 Å². The maximum atomic E-state index is 14.6. The zero-order valence-electron chi connectivity index (χ0n) is 17.2. The normalized spacial score (nSPS) is 11.3. The Morgan fingerprint density at radius 2 is 1.88 bits per heavy atom. The van der Waals surface area contributed by atoms with Crippen molar-refractivity contribution >= 4 is 17.6 Å². The number of carbonyl (C=O) groups is 1. The van der Waals surface area contributed by atoms with Gasteiger partial charge in [-0.2, -0.15) is 18.2 Å². The van der Waals surface area contributed by atoms with Crippen LogP contribution in [0.15, 0.2) is 40.3 Å². The van der Waals surface area contributed by atoms with E-state index in [-0.39, 0.29) is 37.6 Å². The van der Waals surface area contributed by atoms with Gasteiger partial charge in [-0.15, -0.1) is 0 Å². The zero-order chi connectivity index (χ0) is 25.2. The maximum absolute atomic E-state index is 14.6. The van der Waals surface area contributed by atoms with Gasteiger partial charge in [0, 0.05) is 19.2 Å². The molecule has 3 aromatic rings. The molecule has 0 saturated carbocycles. The molecule has 0 spiro atoms. The van der Waals surface area contributed by atoms with E-state index < -0.39 is 47.2 Å². The molecule has 2 aromatic heterocycles. The molecule has 0 aliphatic rings. The third kappa shape index (κ3) is 5.01. The first kappa shape index (κ1) is 24.7. The molecule has 0 N–H and O–H groups in total. The Labute approximate surface area is 191 Å². The van der Waals surface area contributed by atoms with Gasteiger partial charge < -0.3 is 14.2 Å². The molecule has 15 heteroatoms. The summed E-state index contributed by atoms with van der Waals surface area (Å²) in [5.74, 6) is -2.68. The highest BCUT2D eigenvalue weighted by atomic mass is 35.5. The minimum absolute atomic E-state index is 0.153. The predicted octanol–water partition coefficient (Wildman–Crippen LogP) is 2.48. The number of nitrogens with zero attached hydrogens (tertiary/aromatic N) is 4. The molecule has 34 heavy (non-hydrogen) atoms. The summed E-state index contributed by atoms with van der Waals surface area (Å²) in [4.78, 5) is 43.6. The van der Waals surface area contributed by atoms with Gasteiger partial charge in [-0.3, -0.25) is 9.36 Å². The Bertz CT molecular complexity index is 1370. The van der Waals surface area contributed by atoms with Crippen LogP contribution in [-0.4, -0.2) is 38.8 Å². The van der Waals surface area contributed by atoms with Gasteiger partial charge in [0.05, 0.1) is 24.0 Å². The number of alkyl halides is 3. The fraction of sp³-hybridized carbons (Fsp3) is 0.211. The molecular formula is C19H13ClF4N4O6. The molecule has 0 amide bonds. The Kier molecular flexibility index (Phi) is 6.91. The van der Waals surface area contributed by atoms with Crippen LogP contribution in [0, 0.1) is 5.82 Å². The zero-order valence-corrected chi connectivity index (χ0v) is 18.0. The summed E-state index contributed by atoms with van der Waals surface area (Å²) in [5.41, 5.74) is -5.14. The van der Waals surface area contributed by atoms with Gasteiger partial charge in [0.25, 0.3) is 11.4 Å². The van der Waals surface area contributed by atoms with Crippen molar-refractivity contribution < 1.29 is 36.6 Å². The number of hydrogen-bond donors (Lipinski definition) is 0. The van der Waals surface area contributed by atoms with E-state index in [1.54, 1.807) is 0 Å². The Morgan fingerprint density at radius 1 is 1.18 bits per heavy atom. The Hall–Kier alpha value is -3.94. The molecule has 3 rings (SSSR count). The van der Waals surface area contributed by atoms with Gasteiger partial charge in [0.2, 0.25) is 5.75 Å². The molecule has 0 atom stereocenters. The van der Waals surface area contributed by atoms with Gasteiger partial charge in [-0.25, -0.2) is 23.5 Å². The SMILES string of the molecule is COC(=O)COc1ncncc1Oc1cc(-n2c(=O)cc(C(F)(F)F)n(C)c2=O)c(F)cc1Cl. The molecule has 0 saturated heterocycles. The quantitative estimate of drug-likeness (QED) is 0.371. The summed E-state index contributed by atoms with van der Waals surface area (Å²) in [6.07, 6.45) is -2.81. The lowest BCUT2D eigenvalue weighted by atomic mass is 10.2. The number of carbonyl (C=O) groups excluding carboxylic acids is 1. The summed E-state index contributed by atoms with van der Waals surface area (Å²) in [5, 5.41) is -0.333. The van der Waals surface area contributed by atoms with Crippen LogP contribution < -0.4 is 20.7 Å². The maximum Gasteiger partial charge on any atom is 0.431 e. The number of benzene rings is 1. The summed E-state index contributed by atoms with van der Waals surface area (Å²) in [6.45, 7) is -0.538. The lowest BCUT2D eigenvalue weighted by Crippen LogP contribution is -2.41. The third-order valence-corrected chi connectivity index (χ3v) is 4.57. The molecule has 0 radical (unpaired) electrons. The predicted molar refractivity (Wildman–Crippen MR) is 107 cm³/mol. The van der Waals surface area contributed by atoms with Crippen molar-refractivity contribution in [3.8, 4) is 23.1 Å². The van der Waals surface area contributed by atoms with E-state index >= 15 is 0 Å². The summed E-state index contributed by atoms with van der Waals surface area (Å²) in [6, 6.07) is 1.67. The average molecular weight is 505 g/mol. The highest BCUT2D eigenvalue weighted by Gasteiger charge is 2.35. The lowest BCUT2D eigenvalue weighted by Gasteiger charge is -2.16. The van der Waals surface area contributed by atoms with Crippen molar-refractivity contribution in [2.24, 2.45) is 7.05 Å². The molecule has 2 heterocycles. The van der Waals surface area contributed by atoms with Crippen LogP contribution in [0.5, 0.6) is 17.4 Å². The minimum Gasteiger partial charge on any atom is -0.466 e. The number of aromatic nitrogens is 4. The molecule has 0 aliphatic heterocycles. The highest BCUT2D eigenvalue weighted by molar-refractivity contribution is 6.32. The first-order valence-electron chi connectivity index (χ1n) is 9.01. The minimum atomic E-state index is -4.99. The van der Waals surface area contributed by atoms with Crippen molar-refractivity contribution in [3.05, 3.63) is 68.1 Å². The molecule has 180 valence electrons. The molecule has 1 aromatic carbocycles. The van der Waals surface area contributed by atoms with Crippen molar-refractivity contribution in [3.63, 3.8) is 0 Å². The van der Waals surface area contributed by atoms with E-state index in [9.17, 15) is 31.9 Å². The van der Waals surface area contributed by atoms with Gasteiger partial charge in [0.15, 0.2) is 6.61 Å². The number of methoxy groups -OCH3 is 1. The number of halogens is 5. The second-order valence-corrected chi connectivity index (χ2v) is 6.84. The number of rotatable bonds is 6. The summed E-state index contributed by atoms with van der Waals surface area (Å²) >= 11 is 6.00. The summed E-state index contributed by atoms with van der Waals surface area (Å²) < 4.78 is 69.3. The van der Waals surface area contributed by atoms with Crippen molar-refractivity contribution in [1.82, 2.24) is 19.1 Å². The van der Waals surface area contributed by atoms with Gasteiger partial charge in [0.1, 0.15) is 23.6 Å². The molecular weight excluding hydrogens is 492 g/mol. The number of esters is 1. The van der Waals surface area contributed by atoms with Crippen LogP contribution in [0.2, 0.25) is 5.02 Å². The highest BCUT2D eigenvalue weighted by Crippen LogP contribution is 2.35. The van der Waals surface area contributed by atoms with Crippen LogP contribution >= 0.6 is 11.6 Å². The number of hydrogen-bond acceptors (Lipinski definition) is 8.